The fourth-order valence-corrected chi connectivity index (χ4v) is 2.94. The van der Waals surface area contributed by atoms with Crippen LogP contribution in [-0.2, 0) is 4.74 Å². The van der Waals surface area contributed by atoms with Gasteiger partial charge in [-0.15, -0.1) is 0 Å². The van der Waals surface area contributed by atoms with Crippen LogP contribution in [-0.4, -0.2) is 78.8 Å². The number of aliphatic hydroxyl groups excluding tert-OH is 3. The first-order valence-electron chi connectivity index (χ1n) is 8.60. The summed E-state index contributed by atoms with van der Waals surface area (Å²) in [6, 6.07) is 3.77. The van der Waals surface area contributed by atoms with Crippen molar-refractivity contribution >= 4 is 36.5 Å². The van der Waals surface area contributed by atoms with Crippen molar-refractivity contribution in [3.05, 3.63) is 36.7 Å². The zero-order chi connectivity index (χ0) is 19.7. The molecule has 0 aromatic carbocycles. The van der Waals surface area contributed by atoms with Crippen LogP contribution in [0.3, 0.4) is 0 Å². The molecule has 4 heterocycles. The normalized spacial score (nSPS) is 25.0. The van der Waals surface area contributed by atoms with Crippen LogP contribution in [0.1, 0.15) is 11.9 Å². The fourth-order valence-electron chi connectivity index (χ4n) is 2.94. The van der Waals surface area contributed by atoms with E-state index in [-0.39, 0.29) is 0 Å². The van der Waals surface area contributed by atoms with Gasteiger partial charge in [-0.1, -0.05) is 11.5 Å². The smallest absolute Gasteiger partial charge is 0.177 e. The van der Waals surface area contributed by atoms with E-state index in [0.29, 0.717) is 22.7 Å². The molecule has 0 aliphatic carbocycles. The van der Waals surface area contributed by atoms with Crippen molar-refractivity contribution in [2.75, 3.05) is 12.0 Å². The summed E-state index contributed by atoms with van der Waals surface area (Å²) in [6.45, 7) is -0.412. The van der Waals surface area contributed by atoms with Gasteiger partial charge in [-0.3, -0.25) is 15.0 Å². The monoisotopic (exact) mass is 383 g/mol. The lowest BCUT2D eigenvalue weighted by Crippen LogP contribution is -2.33. The van der Waals surface area contributed by atoms with Gasteiger partial charge in [0.2, 0.25) is 0 Å². The van der Waals surface area contributed by atoms with E-state index in [0.717, 1.165) is 5.46 Å². The Morgan fingerprint density at radius 3 is 2.79 bits per heavy atom. The Kier molecular flexibility index (Phi) is 5.00. The number of hydrogen-bond acceptors (Lipinski definition) is 10. The molecule has 3 aromatic heterocycles. The minimum Gasteiger partial charge on any atom is -0.394 e. The van der Waals surface area contributed by atoms with Gasteiger partial charge in [-0.25, -0.2) is 15.0 Å². The third-order valence-corrected chi connectivity index (χ3v) is 4.45. The molecule has 12 heteroatoms. The lowest BCUT2D eigenvalue weighted by atomic mass is 9.99. The zero-order valence-corrected chi connectivity index (χ0v) is 14.9. The highest BCUT2D eigenvalue weighted by Crippen LogP contribution is 2.31. The molecule has 0 radical (unpaired) electrons. The molecule has 0 spiro atoms. The van der Waals surface area contributed by atoms with E-state index < -0.39 is 31.1 Å². The SMILES string of the molecule is Bc1ccc(/C=N/Nc2ncnc3c2ncn3[C@@H]2O[C@H](CO)C(O)C2O)nc1. The Morgan fingerprint density at radius 2 is 2.07 bits per heavy atom. The van der Waals surface area contributed by atoms with Crippen LogP contribution in [0.2, 0.25) is 0 Å². The number of ether oxygens (including phenoxy) is 1. The van der Waals surface area contributed by atoms with E-state index in [1.54, 1.807) is 12.4 Å². The predicted octanol–water partition coefficient (Wildman–Crippen LogP) is -2.46. The molecule has 0 bridgehead atoms. The minimum atomic E-state index is -1.23. The van der Waals surface area contributed by atoms with Crippen LogP contribution in [0.5, 0.6) is 0 Å². The molecule has 1 aliphatic heterocycles. The number of imidazole rings is 1. The zero-order valence-electron chi connectivity index (χ0n) is 14.9. The van der Waals surface area contributed by atoms with Crippen LogP contribution in [0.15, 0.2) is 36.1 Å². The molecular formula is C16H18BN7O4. The van der Waals surface area contributed by atoms with Gasteiger partial charge in [0.05, 0.1) is 24.8 Å². The van der Waals surface area contributed by atoms with Crippen molar-refractivity contribution in [2.24, 2.45) is 5.10 Å². The van der Waals surface area contributed by atoms with Crippen LogP contribution >= 0.6 is 0 Å². The third-order valence-electron chi connectivity index (χ3n) is 4.45. The van der Waals surface area contributed by atoms with Crippen LogP contribution < -0.4 is 10.9 Å². The number of aromatic nitrogens is 5. The molecule has 28 heavy (non-hydrogen) atoms. The van der Waals surface area contributed by atoms with Gasteiger partial charge in [-0.05, 0) is 6.07 Å². The number of aliphatic hydroxyl groups is 3. The van der Waals surface area contributed by atoms with Gasteiger partial charge in [0, 0.05) is 6.20 Å². The molecule has 1 aliphatic rings. The van der Waals surface area contributed by atoms with Crippen LogP contribution in [0.25, 0.3) is 11.2 Å². The molecule has 0 amide bonds. The molecule has 144 valence electrons. The van der Waals surface area contributed by atoms with Crippen molar-refractivity contribution in [1.82, 2.24) is 24.5 Å². The summed E-state index contributed by atoms with van der Waals surface area (Å²) in [6.07, 6.45) is 1.79. The van der Waals surface area contributed by atoms with Gasteiger partial charge in [0.15, 0.2) is 23.2 Å². The number of rotatable bonds is 5. The molecule has 2 unspecified atom stereocenters. The quantitative estimate of drug-likeness (QED) is 0.214. The second-order valence-electron chi connectivity index (χ2n) is 6.41. The first-order chi connectivity index (χ1) is 13.6. The highest BCUT2D eigenvalue weighted by Gasteiger charge is 2.44. The van der Waals surface area contributed by atoms with Crippen LogP contribution in [0.4, 0.5) is 5.82 Å². The maximum atomic E-state index is 10.2. The van der Waals surface area contributed by atoms with E-state index in [1.807, 2.05) is 20.0 Å². The topological polar surface area (TPSA) is 151 Å². The maximum Gasteiger partial charge on any atom is 0.177 e. The highest BCUT2D eigenvalue weighted by atomic mass is 16.6. The maximum absolute atomic E-state index is 10.2. The number of nitrogens with zero attached hydrogens (tertiary/aromatic N) is 6. The summed E-state index contributed by atoms with van der Waals surface area (Å²) in [5.41, 5.74) is 5.34. The van der Waals surface area contributed by atoms with Crippen molar-refractivity contribution in [3.63, 3.8) is 0 Å². The summed E-state index contributed by atoms with van der Waals surface area (Å²) >= 11 is 0. The van der Waals surface area contributed by atoms with E-state index in [2.05, 4.69) is 30.5 Å². The summed E-state index contributed by atoms with van der Waals surface area (Å²) < 4.78 is 7.01. The van der Waals surface area contributed by atoms with E-state index in [4.69, 9.17) is 4.74 Å². The van der Waals surface area contributed by atoms with Crippen molar-refractivity contribution in [2.45, 2.75) is 24.5 Å². The lowest BCUT2D eigenvalue weighted by molar-refractivity contribution is -0.0511. The average molecular weight is 383 g/mol. The predicted molar refractivity (Wildman–Crippen MR) is 102 cm³/mol. The van der Waals surface area contributed by atoms with Gasteiger partial charge < -0.3 is 20.1 Å². The third kappa shape index (κ3) is 3.33. The molecule has 4 atom stereocenters. The first-order valence-corrected chi connectivity index (χ1v) is 8.60. The largest absolute Gasteiger partial charge is 0.394 e. The van der Waals surface area contributed by atoms with Crippen LogP contribution in [0, 0.1) is 0 Å². The number of pyridine rings is 1. The van der Waals surface area contributed by atoms with Gasteiger partial charge in [0.1, 0.15) is 32.5 Å². The second-order valence-corrected chi connectivity index (χ2v) is 6.41. The number of fused-ring (bicyclic) bond motifs is 1. The summed E-state index contributed by atoms with van der Waals surface area (Å²) in [4.78, 5) is 16.8. The fraction of sp³-hybridized carbons (Fsp3) is 0.312. The van der Waals surface area contributed by atoms with E-state index in [1.165, 1.54) is 17.2 Å². The number of anilines is 1. The summed E-state index contributed by atoms with van der Waals surface area (Å²) in [5.74, 6) is 0.360. The Balaban J connectivity index is 1.58. The molecule has 1 saturated heterocycles. The Bertz CT molecular complexity index is 996. The second kappa shape index (κ2) is 7.60. The standard InChI is InChI=1S/C16H18BN7O4/c17-8-1-2-9(18-3-8)4-22-23-14-11-15(20-6-19-14)24(7-21-11)16-13(27)12(26)10(5-25)28-16/h1-4,6-7,10,12-13,16,25-27H,5,17H2,(H,19,20,23)/b22-4+/t10-,12?,13?,16-/m1/s1. The Morgan fingerprint density at radius 1 is 1.21 bits per heavy atom. The number of hydrazone groups is 1. The molecular weight excluding hydrogens is 365 g/mol. The minimum absolute atomic E-state index is 0.360. The summed E-state index contributed by atoms with van der Waals surface area (Å²) in [5, 5.41) is 33.6. The molecule has 11 nitrogen and oxygen atoms in total. The first kappa shape index (κ1) is 18.4. The molecule has 1 fully saturated rings. The van der Waals surface area contributed by atoms with Crippen molar-refractivity contribution in [1.29, 1.82) is 0 Å². The average Bonchev–Trinajstić information content (AvgIpc) is 3.25. The van der Waals surface area contributed by atoms with Crippen molar-refractivity contribution in [3.8, 4) is 0 Å². The van der Waals surface area contributed by atoms with Gasteiger partial charge in [0.25, 0.3) is 0 Å². The molecule has 4 rings (SSSR count). The molecule has 0 saturated carbocycles. The Labute approximate surface area is 160 Å². The van der Waals surface area contributed by atoms with Gasteiger partial charge in [-0.2, -0.15) is 5.10 Å². The van der Waals surface area contributed by atoms with E-state index >= 15 is 0 Å². The van der Waals surface area contributed by atoms with Gasteiger partial charge >= 0.3 is 0 Å². The van der Waals surface area contributed by atoms with E-state index in [9.17, 15) is 15.3 Å². The Hall–Kier alpha value is -2.93. The highest BCUT2D eigenvalue weighted by molar-refractivity contribution is 6.32. The lowest BCUT2D eigenvalue weighted by Gasteiger charge is -2.16. The molecule has 4 N–H and O–H groups in total. The van der Waals surface area contributed by atoms with Crippen molar-refractivity contribution < 1.29 is 20.1 Å². The number of hydrogen-bond donors (Lipinski definition) is 4. The molecule has 3 aromatic rings. The summed E-state index contributed by atoms with van der Waals surface area (Å²) in [7, 11) is 1.95. The number of nitrogens with one attached hydrogen (secondary N) is 1.